The van der Waals surface area contributed by atoms with Gasteiger partial charge < -0.3 is 4.57 Å². The molecule has 34 heavy (non-hydrogen) atoms. The fourth-order valence-corrected chi connectivity index (χ4v) is 6.56. The molecular weight excluding hydrogens is 410 g/mol. The van der Waals surface area contributed by atoms with Crippen LogP contribution in [0.25, 0.3) is 66.6 Å². The third-order valence-corrected chi connectivity index (χ3v) is 7.93. The molecule has 0 saturated heterocycles. The van der Waals surface area contributed by atoms with E-state index in [1.807, 2.05) is 0 Å². The molecule has 6 aromatic rings. The maximum Gasteiger partial charge on any atom is 0.0548 e. The van der Waals surface area contributed by atoms with Crippen molar-refractivity contribution in [2.75, 3.05) is 0 Å². The van der Waals surface area contributed by atoms with Gasteiger partial charge in [0, 0.05) is 16.5 Å². The standard InChI is InChI=1S/C33H23N/c1-20-9-7-10-21-19-27-24-14-6-5-13-23(24)25-15-8-16-28-32(25)33-29(18-17-26(30(20)21)31(27)33)34(28)22-11-3-2-4-12-22/h2-8,10-20H,9H2,1H3. The molecule has 0 saturated carbocycles. The van der Waals surface area contributed by atoms with Gasteiger partial charge in [-0.3, -0.25) is 0 Å². The molecule has 0 radical (unpaired) electrons. The summed E-state index contributed by atoms with van der Waals surface area (Å²) in [5.41, 5.74) is 12.0. The predicted octanol–water partition coefficient (Wildman–Crippen LogP) is 9.10. The van der Waals surface area contributed by atoms with Gasteiger partial charge in [-0.05, 0) is 86.8 Å². The summed E-state index contributed by atoms with van der Waals surface area (Å²) >= 11 is 0. The summed E-state index contributed by atoms with van der Waals surface area (Å²) in [6, 6.07) is 33.8. The first kappa shape index (κ1) is 18.3. The summed E-state index contributed by atoms with van der Waals surface area (Å²) in [6.07, 6.45) is 5.78. The zero-order chi connectivity index (χ0) is 22.4. The van der Waals surface area contributed by atoms with Crippen LogP contribution in [0.2, 0.25) is 0 Å². The Morgan fingerprint density at radius 2 is 1.38 bits per heavy atom. The molecule has 1 heterocycles. The summed E-state index contributed by atoms with van der Waals surface area (Å²) in [6.45, 7) is 2.37. The second-order valence-electron chi connectivity index (χ2n) is 9.76. The first-order valence-electron chi connectivity index (χ1n) is 12.2. The van der Waals surface area contributed by atoms with Crippen LogP contribution in [0.3, 0.4) is 0 Å². The number of rotatable bonds is 1. The zero-order valence-corrected chi connectivity index (χ0v) is 19.0. The quantitative estimate of drug-likeness (QED) is 0.243. The van der Waals surface area contributed by atoms with Crippen LogP contribution in [-0.4, -0.2) is 4.57 Å². The lowest BCUT2D eigenvalue weighted by Crippen LogP contribution is -2.02. The summed E-state index contributed by atoms with van der Waals surface area (Å²) in [5, 5.41) is 5.59. The van der Waals surface area contributed by atoms with E-state index in [9.17, 15) is 0 Å². The van der Waals surface area contributed by atoms with E-state index in [0.29, 0.717) is 5.92 Å². The van der Waals surface area contributed by atoms with Gasteiger partial charge in [-0.15, -0.1) is 0 Å². The van der Waals surface area contributed by atoms with Crippen molar-refractivity contribution >= 4 is 38.7 Å². The van der Waals surface area contributed by atoms with E-state index >= 15 is 0 Å². The van der Waals surface area contributed by atoms with Crippen molar-refractivity contribution in [3.05, 3.63) is 108 Å². The van der Waals surface area contributed by atoms with Crippen molar-refractivity contribution in [2.24, 2.45) is 0 Å². The Balaban J connectivity index is 1.70. The van der Waals surface area contributed by atoms with Gasteiger partial charge in [0.05, 0.1) is 11.0 Å². The molecule has 5 aromatic carbocycles. The van der Waals surface area contributed by atoms with Gasteiger partial charge in [-0.25, -0.2) is 0 Å². The Bertz CT molecular complexity index is 1830. The molecule has 0 bridgehead atoms. The Morgan fingerprint density at radius 3 is 2.24 bits per heavy atom. The van der Waals surface area contributed by atoms with Crippen LogP contribution >= 0.6 is 0 Å². The van der Waals surface area contributed by atoms with Crippen LogP contribution in [-0.2, 0) is 0 Å². The van der Waals surface area contributed by atoms with E-state index in [1.165, 1.54) is 71.6 Å². The molecule has 0 aliphatic heterocycles. The van der Waals surface area contributed by atoms with Crippen LogP contribution < -0.4 is 0 Å². The smallest absolute Gasteiger partial charge is 0.0548 e. The van der Waals surface area contributed by atoms with E-state index in [-0.39, 0.29) is 0 Å². The minimum Gasteiger partial charge on any atom is -0.309 e. The fourth-order valence-electron chi connectivity index (χ4n) is 6.56. The topological polar surface area (TPSA) is 4.93 Å². The van der Waals surface area contributed by atoms with Crippen LogP contribution in [0.5, 0.6) is 0 Å². The summed E-state index contributed by atoms with van der Waals surface area (Å²) in [5.74, 6) is 0.520. The Morgan fingerprint density at radius 1 is 0.647 bits per heavy atom. The number of nitrogens with zero attached hydrogens (tertiary/aromatic N) is 1. The number of benzene rings is 5. The molecular formula is C33H23N. The maximum atomic E-state index is 2.46. The maximum absolute atomic E-state index is 2.46. The lowest BCUT2D eigenvalue weighted by molar-refractivity contribution is 0.779. The molecule has 1 unspecified atom stereocenters. The van der Waals surface area contributed by atoms with Gasteiger partial charge in [0.25, 0.3) is 0 Å². The minimum absolute atomic E-state index is 0.520. The van der Waals surface area contributed by atoms with Gasteiger partial charge in [-0.2, -0.15) is 0 Å². The molecule has 0 amide bonds. The summed E-state index contributed by atoms with van der Waals surface area (Å²) in [7, 11) is 0. The molecule has 160 valence electrons. The van der Waals surface area contributed by atoms with E-state index in [2.05, 4.69) is 115 Å². The van der Waals surface area contributed by atoms with E-state index in [0.717, 1.165) is 6.42 Å². The van der Waals surface area contributed by atoms with E-state index < -0.39 is 0 Å². The van der Waals surface area contributed by atoms with Gasteiger partial charge >= 0.3 is 0 Å². The summed E-state index contributed by atoms with van der Waals surface area (Å²) < 4.78 is 2.45. The summed E-state index contributed by atoms with van der Waals surface area (Å²) in [4.78, 5) is 0. The first-order valence-corrected chi connectivity index (χ1v) is 12.2. The van der Waals surface area contributed by atoms with Crippen molar-refractivity contribution in [2.45, 2.75) is 19.3 Å². The largest absolute Gasteiger partial charge is 0.309 e. The molecule has 1 atom stereocenters. The number of hydrogen-bond acceptors (Lipinski definition) is 0. The lowest BCUT2D eigenvalue weighted by atomic mass is 9.81. The molecule has 0 spiro atoms. The van der Waals surface area contributed by atoms with Crippen LogP contribution in [0.1, 0.15) is 30.4 Å². The highest BCUT2D eigenvalue weighted by Crippen LogP contribution is 2.51. The number of para-hydroxylation sites is 1. The average Bonchev–Trinajstić information content (AvgIpc) is 3.17. The first-order chi connectivity index (χ1) is 16.8. The highest BCUT2D eigenvalue weighted by molar-refractivity contribution is 6.31. The Hall–Kier alpha value is -4.10. The fraction of sp³-hybridized carbons (Fsp3) is 0.0909. The number of aromatic nitrogens is 1. The third-order valence-electron chi connectivity index (χ3n) is 7.93. The van der Waals surface area contributed by atoms with Crippen LogP contribution in [0.4, 0.5) is 0 Å². The minimum atomic E-state index is 0.520. The van der Waals surface area contributed by atoms with Crippen molar-refractivity contribution < 1.29 is 0 Å². The predicted molar refractivity (Wildman–Crippen MR) is 145 cm³/mol. The third kappa shape index (κ3) is 2.20. The Labute approximate surface area is 198 Å². The van der Waals surface area contributed by atoms with Crippen molar-refractivity contribution in [1.82, 2.24) is 4.57 Å². The van der Waals surface area contributed by atoms with Crippen LogP contribution in [0, 0.1) is 0 Å². The van der Waals surface area contributed by atoms with Gasteiger partial charge in [0.15, 0.2) is 0 Å². The second-order valence-corrected chi connectivity index (χ2v) is 9.76. The monoisotopic (exact) mass is 433 g/mol. The highest BCUT2D eigenvalue weighted by Gasteiger charge is 2.27. The van der Waals surface area contributed by atoms with Crippen molar-refractivity contribution in [3.63, 3.8) is 0 Å². The van der Waals surface area contributed by atoms with Crippen molar-refractivity contribution in [1.29, 1.82) is 0 Å². The van der Waals surface area contributed by atoms with Gasteiger partial charge in [0.1, 0.15) is 0 Å². The number of fused-ring (bicyclic) bond motifs is 5. The zero-order valence-electron chi connectivity index (χ0n) is 19.0. The van der Waals surface area contributed by atoms with Crippen molar-refractivity contribution in [3.8, 4) is 27.9 Å². The van der Waals surface area contributed by atoms with Gasteiger partial charge in [-0.1, -0.05) is 79.7 Å². The molecule has 0 fully saturated rings. The molecule has 1 nitrogen and oxygen atoms in total. The second kappa shape index (κ2) is 6.48. The molecule has 2 aliphatic carbocycles. The molecule has 8 rings (SSSR count). The lowest BCUT2D eigenvalue weighted by Gasteiger charge is -2.23. The van der Waals surface area contributed by atoms with Gasteiger partial charge in [0.2, 0.25) is 0 Å². The molecule has 2 aliphatic rings. The number of allylic oxidation sites excluding steroid dienone is 1. The molecule has 1 heteroatoms. The van der Waals surface area contributed by atoms with Crippen LogP contribution in [0.15, 0.2) is 97.1 Å². The normalized spacial score (nSPS) is 15.9. The average molecular weight is 434 g/mol. The highest BCUT2D eigenvalue weighted by atomic mass is 15.0. The molecule has 0 N–H and O–H groups in total. The van der Waals surface area contributed by atoms with E-state index in [1.54, 1.807) is 0 Å². The number of hydrogen-bond donors (Lipinski definition) is 0. The Kier molecular flexibility index (Phi) is 3.50. The van der Waals surface area contributed by atoms with E-state index in [4.69, 9.17) is 0 Å². The molecule has 1 aromatic heterocycles. The SMILES string of the molecule is CC1CC=Cc2cc3c4c(ccc5c4c4c(cccc4n5-c4ccccc4)-c4ccccc4-3)c21.